The summed E-state index contributed by atoms with van der Waals surface area (Å²) in [5.41, 5.74) is 8.72. The number of likely N-dealkylation sites (N-methyl/N-ethyl adjacent to an activating group) is 1. The van der Waals surface area contributed by atoms with E-state index in [0.29, 0.717) is 77.2 Å². The summed E-state index contributed by atoms with van der Waals surface area (Å²) in [6.07, 6.45) is 1.87. The zero-order chi connectivity index (χ0) is 29.3. The molecule has 1 aromatic carbocycles. The highest BCUT2D eigenvalue weighted by atomic mass is 16.6. The van der Waals surface area contributed by atoms with Crippen LogP contribution in [0.2, 0.25) is 0 Å². The number of hydrogen-bond acceptors (Lipinski definition) is 11. The van der Waals surface area contributed by atoms with E-state index >= 15 is 0 Å². The summed E-state index contributed by atoms with van der Waals surface area (Å²) in [4.78, 5) is 26.2. The molecule has 2 aromatic heterocycles. The fourth-order valence-corrected chi connectivity index (χ4v) is 3.92. The zero-order valence-corrected chi connectivity index (χ0v) is 24.2. The Labute approximate surface area is 240 Å². The van der Waals surface area contributed by atoms with Crippen LogP contribution in [0.5, 0.6) is 6.01 Å². The predicted molar refractivity (Wildman–Crippen MR) is 155 cm³/mol. The van der Waals surface area contributed by atoms with Crippen LogP contribution in [0.25, 0.3) is 11.2 Å². The van der Waals surface area contributed by atoms with Gasteiger partial charge in [-0.1, -0.05) is 37.6 Å². The van der Waals surface area contributed by atoms with Gasteiger partial charge in [-0.3, -0.25) is 9.47 Å². The highest BCUT2D eigenvalue weighted by Crippen LogP contribution is 2.19. The molecule has 0 spiro atoms. The van der Waals surface area contributed by atoms with E-state index in [1.54, 1.807) is 4.57 Å². The predicted octanol–water partition coefficient (Wildman–Crippen LogP) is 1.42. The summed E-state index contributed by atoms with van der Waals surface area (Å²) in [5, 5.41) is 8.62. The van der Waals surface area contributed by atoms with E-state index in [1.165, 1.54) is 0 Å². The van der Waals surface area contributed by atoms with Gasteiger partial charge in [0, 0.05) is 13.1 Å². The maximum Gasteiger partial charge on any atom is 0.328 e. The Balaban J connectivity index is 1.36. The maximum atomic E-state index is 12.6. The number of fused-ring (bicyclic) bond motifs is 1. The Hall–Kier alpha value is -3.07. The number of anilines is 1. The molecule has 2 heterocycles. The Morgan fingerprint density at radius 2 is 1.51 bits per heavy atom. The minimum Gasteiger partial charge on any atom is -0.463 e. The van der Waals surface area contributed by atoms with Crippen LogP contribution in [0, 0.1) is 0 Å². The van der Waals surface area contributed by atoms with Crippen LogP contribution in [0.4, 0.5) is 5.82 Å². The van der Waals surface area contributed by atoms with Crippen molar-refractivity contribution in [1.29, 1.82) is 0 Å². The number of aromatic nitrogens is 4. The SMILES string of the molecule is CCCCOc1nc(N)c2[nH]c(=O)n(Cc3ccc(CN(C)CCOCCOCCOCCOCCO)cc3)c2n1. The van der Waals surface area contributed by atoms with E-state index in [4.69, 9.17) is 34.5 Å². The minimum atomic E-state index is -0.297. The van der Waals surface area contributed by atoms with Gasteiger partial charge < -0.3 is 39.5 Å². The van der Waals surface area contributed by atoms with E-state index < -0.39 is 0 Å². The first kappa shape index (κ1) is 32.4. The lowest BCUT2D eigenvalue weighted by molar-refractivity contribution is -0.00687. The van der Waals surface area contributed by atoms with Crippen molar-refractivity contribution in [3.8, 4) is 6.01 Å². The van der Waals surface area contributed by atoms with Crippen LogP contribution in [-0.4, -0.2) is 109 Å². The number of ether oxygens (including phenoxy) is 5. The van der Waals surface area contributed by atoms with Crippen molar-refractivity contribution >= 4 is 17.0 Å². The Kier molecular flexibility index (Phi) is 14.5. The molecular formula is C28H44N6O7. The van der Waals surface area contributed by atoms with Crippen molar-refractivity contribution in [3.05, 3.63) is 45.9 Å². The molecule has 0 amide bonds. The number of aliphatic hydroxyl groups excluding tert-OH is 1. The van der Waals surface area contributed by atoms with Gasteiger partial charge in [0.2, 0.25) is 0 Å². The maximum absolute atomic E-state index is 12.6. The monoisotopic (exact) mass is 576 g/mol. The molecule has 0 bridgehead atoms. The molecule has 228 valence electrons. The summed E-state index contributed by atoms with van der Waals surface area (Å²) < 4.78 is 28.8. The minimum absolute atomic E-state index is 0.0218. The number of imidazole rings is 1. The van der Waals surface area contributed by atoms with Crippen LogP contribution >= 0.6 is 0 Å². The quantitative estimate of drug-likeness (QED) is 0.149. The smallest absolute Gasteiger partial charge is 0.328 e. The molecule has 13 heteroatoms. The van der Waals surface area contributed by atoms with Crippen molar-refractivity contribution in [1.82, 2.24) is 24.4 Å². The van der Waals surface area contributed by atoms with Gasteiger partial charge >= 0.3 is 11.7 Å². The van der Waals surface area contributed by atoms with Crippen molar-refractivity contribution < 1.29 is 28.8 Å². The molecule has 0 unspecified atom stereocenters. The second kappa shape index (κ2) is 18.4. The highest BCUT2D eigenvalue weighted by Gasteiger charge is 2.15. The molecule has 0 fully saturated rings. The normalized spacial score (nSPS) is 11.6. The third kappa shape index (κ3) is 11.4. The van der Waals surface area contributed by atoms with Crippen molar-refractivity contribution in [3.63, 3.8) is 0 Å². The molecule has 0 aliphatic heterocycles. The fourth-order valence-electron chi connectivity index (χ4n) is 3.92. The van der Waals surface area contributed by atoms with Crippen LogP contribution in [0.15, 0.2) is 29.1 Å². The van der Waals surface area contributed by atoms with Crippen molar-refractivity contribution in [2.45, 2.75) is 32.9 Å². The number of nitrogens with zero attached hydrogens (tertiary/aromatic N) is 4. The van der Waals surface area contributed by atoms with E-state index in [2.05, 4.69) is 38.9 Å². The molecule has 0 saturated carbocycles. The summed E-state index contributed by atoms with van der Waals surface area (Å²) in [7, 11) is 2.05. The molecule has 13 nitrogen and oxygen atoms in total. The van der Waals surface area contributed by atoms with Crippen LogP contribution in [0.3, 0.4) is 0 Å². The molecule has 0 saturated heterocycles. The lowest BCUT2D eigenvalue weighted by Gasteiger charge is -2.17. The number of hydrogen-bond donors (Lipinski definition) is 3. The van der Waals surface area contributed by atoms with Gasteiger partial charge in [0.1, 0.15) is 5.52 Å². The first-order valence-electron chi connectivity index (χ1n) is 14.1. The molecule has 4 N–H and O–H groups in total. The summed E-state index contributed by atoms with van der Waals surface area (Å²) in [6.45, 7) is 8.43. The van der Waals surface area contributed by atoms with Gasteiger partial charge in [0.05, 0.1) is 72.6 Å². The highest BCUT2D eigenvalue weighted by molar-refractivity contribution is 5.81. The van der Waals surface area contributed by atoms with Gasteiger partial charge in [-0.2, -0.15) is 9.97 Å². The third-order valence-corrected chi connectivity index (χ3v) is 6.14. The van der Waals surface area contributed by atoms with E-state index in [1.807, 2.05) is 19.2 Å². The topological polar surface area (TPSA) is 159 Å². The van der Waals surface area contributed by atoms with Gasteiger partial charge in [-0.15, -0.1) is 0 Å². The number of rotatable bonds is 22. The lowest BCUT2D eigenvalue weighted by Crippen LogP contribution is -2.23. The zero-order valence-electron chi connectivity index (χ0n) is 24.2. The fraction of sp³-hybridized carbons (Fsp3) is 0.607. The second-order valence-electron chi connectivity index (χ2n) is 9.54. The number of unbranched alkanes of at least 4 members (excludes halogenated alkanes) is 1. The molecule has 41 heavy (non-hydrogen) atoms. The lowest BCUT2D eigenvalue weighted by atomic mass is 10.1. The number of aliphatic hydroxyl groups is 1. The molecular weight excluding hydrogens is 532 g/mol. The molecule has 0 aliphatic carbocycles. The Morgan fingerprint density at radius 3 is 2.15 bits per heavy atom. The average Bonchev–Trinajstić information content (AvgIpc) is 3.27. The summed E-state index contributed by atoms with van der Waals surface area (Å²) in [5.74, 6) is 0.190. The summed E-state index contributed by atoms with van der Waals surface area (Å²) >= 11 is 0. The first-order valence-corrected chi connectivity index (χ1v) is 14.1. The number of benzene rings is 1. The van der Waals surface area contributed by atoms with Gasteiger partial charge in [-0.25, -0.2) is 4.79 Å². The average molecular weight is 577 g/mol. The van der Waals surface area contributed by atoms with Crippen LogP contribution in [-0.2, 0) is 32.0 Å². The molecule has 0 radical (unpaired) electrons. The number of nitrogens with two attached hydrogens (primary N) is 1. The first-order chi connectivity index (χ1) is 20.0. The molecule has 0 aliphatic rings. The van der Waals surface area contributed by atoms with Crippen molar-refractivity contribution in [2.24, 2.45) is 0 Å². The van der Waals surface area contributed by atoms with Crippen molar-refractivity contribution in [2.75, 3.05) is 85.4 Å². The Bertz CT molecular complexity index is 1200. The number of aromatic amines is 1. The molecule has 0 atom stereocenters. The number of nitrogen functional groups attached to an aromatic ring is 1. The van der Waals surface area contributed by atoms with Gasteiger partial charge in [-0.05, 0) is 24.6 Å². The largest absolute Gasteiger partial charge is 0.463 e. The number of nitrogens with one attached hydrogen (secondary N) is 1. The molecule has 3 rings (SSSR count). The van der Waals surface area contributed by atoms with E-state index in [0.717, 1.165) is 37.1 Å². The third-order valence-electron chi connectivity index (χ3n) is 6.14. The molecule has 3 aromatic rings. The second-order valence-corrected chi connectivity index (χ2v) is 9.54. The standard InChI is InChI=1S/C28H44N6O7/c1-3-4-11-41-27-31-25(29)24-26(32-27)34(28(36)30-24)21-23-7-5-22(6-8-23)20-33(2)9-12-37-14-16-39-18-19-40-17-15-38-13-10-35/h5-8,35H,3-4,9-21H2,1-2H3,(H,30,36)(H2,29,31,32). The van der Waals surface area contributed by atoms with Crippen LogP contribution < -0.4 is 16.2 Å². The Morgan fingerprint density at radius 1 is 0.902 bits per heavy atom. The van der Waals surface area contributed by atoms with E-state index in [-0.39, 0.29) is 24.1 Å². The van der Waals surface area contributed by atoms with E-state index in [9.17, 15) is 4.79 Å². The van der Waals surface area contributed by atoms with Gasteiger partial charge in [0.25, 0.3) is 0 Å². The number of H-pyrrole nitrogens is 1. The van der Waals surface area contributed by atoms with Crippen LogP contribution in [0.1, 0.15) is 30.9 Å². The summed E-state index contributed by atoms with van der Waals surface area (Å²) in [6, 6.07) is 8.32. The van der Waals surface area contributed by atoms with Gasteiger partial charge in [0.15, 0.2) is 11.5 Å².